The summed E-state index contributed by atoms with van der Waals surface area (Å²) in [5, 5.41) is 0.919. The standard InChI is InChI=1S/C21H21FN2O2S/c1-26-18-6-2-15(3-7-18)14-23-8-10-24(11-9-23)21(25)20-12-16-4-5-17(22)13-19(16)27-20/h2-7,12-13H,8-11,14H2,1H3. The van der Waals surface area contributed by atoms with Gasteiger partial charge in [0.25, 0.3) is 5.91 Å². The summed E-state index contributed by atoms with van der Waals surface area (Å²) >= 11 is 1.36. The number of carbonyl (C=O) groups is 1. The number of ether oxygens (including phenoxy) is 1. The van der Waals surface area contributed by atoms with Gasteiger partial charge in [-0.05, 0) is 41.3 Å². The molecule has 3 aromatic rings. The second-order valence-electron chi connectivity index (χ2n) is 6.71. The van der Waals surface area contributed by atoms with E-state index < -0.39 is 0 Å². The largest absolute Gasteiger partial charge is 0.497 e. The lowest BCUT2D eigenvalue weighted by molar-refractivity contribution is 0.0633. The number of fused-ring (bicyclic) bond motifs is 1. The molecule has 4 rings (SSSR count). The number of piperazine rings is 1. The molecule has 0 spiro atoms. The van der Waals surface area contributed by atoms with Gasteiger partial charge in [0.15, 0.2) is 0 Å². The summed E-state index contributed by atoms with van der Waals surface area (Å²) in [6.07, 6.45) is 0. The van der Waals surface area contributed by atoms with Crippen molar-refractivity contribution in [2.75, 3.05) is 33.3 Å². The van der Waals surface area contributed by atoms with Crippen LogP contribution in [0.3, 0.4) is 0 Å². The predicted octanol–water partition coefficient (Wildman–Crippen LogP) is 4.01. The van der Waals surface area contributed by atoms with Gasteiger partial charge < -0.3 is 9.64 Å². The summed E-state index contributed by atoms with van der Waals surface area (Å²) in [4.78, 5) is 17.7. The highest BCUT2D eigenvalue weighted by Gasteiger charge is 2.23. The van der Waals surface area contributed by atoms with Crippen molar-refractivity contribution in [3.05, 3.63) is 64.8 Å². The number of benzene rings is 2. The Kier molecular flexibility index (Phi) is 5.09. The lowest BCUT2D eigenvalue weighted by Crippen LogP contribution is -2.48. The average molecular weight is 384 g/mol. The smallest absolute Gasteiger partial charge is 0.264 e. The lowest BCUT2D eigenvalue weighted by atomic mass is 10.2. The third kappa shape index (κ3) is 3.96. The molecule has 1 fully saturated rings. The first-order valence-electron chi connectivity index (χ1n) is 8.96. The first kappa shape index (κ1) is 17.9. The molecule has 1 saturated heterocycles. The minimum atomic E-state index is -0.268. The molecule has 0 unspecified atom stereocenters. The molecule has 1 aromatic heterocycles. The van der Waals surface area contributed by atoms with Gasteiger partial charge in [0.05, 0.1) is 12.0 Å². The van der Waals surface area contributed by atoms with Gasteiger partial charge in [-0.25, -0.2) is 4.39 Å². The maximum absolute atomic E-state index is 13.4. The van der Waals surface area contributed by atoms with Gasteiger partial charge in [-0.2, -0.15) is 0 Å². The number of methoxy groups -OCH3 is 1. The van der Waals surface area contributed by atoms with Crippen LogP contribution in [0.25, 0.3) is 10.1 Å². The van der Waals surface area contributed by atoms with Crippen LogP contribution >= 0.6 is 11.3 Å². The minimum Gasteiger partial charge on any atom is -0.497 e. The van der Waals surface area contributed by atoms with Crippen LogP contribution in [-0.4, -0.2) is 49.0 Å². The summed E-state index contributed by atoms with van der Waals surface area (Å²) in [5.41, 5.74) is 1.24. The van der Waals surface area contributed by atoms with Crippen LogP contribution in [0.2, 0.25) is 0 Å². The monoisotopic (exact) mass is 384 g/mol. The highest BCUT2D eigenvalue weighted by atomic mass is 32.1. The van der Waals surface area contributed by atoms with E-state index in [0.29, 0.717) is 18.0 Å². The van der Waals surface area contributed by atoms with Crippen molar-refractivity contribution < 1.29 is 13.9 Å². The van der Waals surface area contributed by atoms with Crippen LogP contribution < -0.4 is 4.74 Å². The maximum Gasteiger partial charge on any atom is 0.264 e. The van der Waals surface area contributed by atoms with E-state index in [-0.39, 0.29) is 11.7 Å². The Bertz CT molecular complexity index is 946. The molecular weight excluding hydrogens is 363 g/mol. The Morgan fingerprint density at radius 1 is 1.07 bits per heavy atom. The Balaban J connectivity index is 1.36. The summed E-state index contributed by atoms with van der Waals surface area (Å²) in [7, 11) is 1.66. The molecule has 2 aromatic carbocycles. The highest BCUT2D eigenvalue weighted by molar-refractivity contribution is 7.20. The fraction of sp³-hybridized carbons (Fsp3) is 0.286. The van der Waals surface area contributed by atoms with E-state index in [0.717, 1.165) is 35.5 Å². The van der Waals surface area contributed by atoms with Crippen molar-refractivity contribution in [2.45, 2.75) is 6.54 Å². The van der Waals surface area contributed by atoms with E-state index in [1.807, 2.05) is 23.1 Å². The number of carbonyl (C=O) groups excluding carboxylic acids is 1. The number of halogens is 1. The molecule has 6 heteroatoms. The van der Waals surface area contributed by atoms with Crippen LogP contribution in [0.4, 0.5) is 4.39 Å². The van der Waals surface area contributed by atoms with E-state index in [1.54, 1.807) is 13.2 Å². The number of nitrogens with zero attached hydrogens (tertiary/aromatic N) is 2. The second-order valence-corrected chi connectivity index (χ2v) is 7.79. The second kappa shape index (κ2) is 7.66. The average Bonchev–Trinajstić information content (AvgIpc) is 3.12. The zero-order chi connectivity index (χ0) is 18.8. The van der Waals surface area contributed by atoms with Crippen molar-refractivity contribution in [2.24, 2.45) is 0 Å². The van der Waals surface area contributed by atoms with Crippen molar-refractivity contribution in [1.29, 1.82) is 0 Å². The van der Waals surface area contributed by atoms with Crippen molar-refractivity contribution in [3.8, 4) is 5.75 Å². The van der Waals surface area contributed by atoms with Gasteiger partial charge in [0, 0.05) is 37.4 Å². The number of rotatable bonds is 4. The molecule has 1 amide bonds. The highest BCUT2D eigenvalue weighted by Crippen LogP contribution is 2.27. The zero-order valence-corrected chi connectivity index (χ0v) is 16.0. The number of thiophene rings is 1. The molecule has 2 heterocycles. The SMILES string of the molecule is COc1ccc(CN2CCN(C(=O)c3cc4ccc(F)cc4s3)CC2)cc1. The lowest BCUT2D eigenvalue weighted by Gasteiger charge is -2.34. The van der Waals surface area contributed by atoms with E-state index >= 15 is 0 Å². The summed E-state index contributed by atoms with van der Waals surface area (Å²) in [6, 6.07) is 14.6. The van der Waals surface area contributed by atoms with Gasteiger partial charge in [-0.1, -0.05) is 18.2 Å². The molecule has 0 bridgehead atoms. The fourth-order valence-electron chi connectivity index (χ4n) is 3.36. The first-order chi connectivity index (χ1) is 13.1. The van der Waals surface area contributed by atoms with E-state index in [4.69, 9.17) is 4.74 Å². The van der Waals surface area contributed by atoms with Crippen molar-refractivity contribution >= 4 is 27.3 Å². The molecule has 27 heavy (non-hydrogen) atoms. The molecule has 0 atom stereocenters. The number of amides is 1. The Hall–Kier alpha value is -2.44. The first-order valence-corrected chi connectivity index (χ1v) is 9.78. The van der Waals surface area contributed by atoms with Crippen LogP contribution in [0.15, 0.2) is 48.5 Å². The van der Waals surface area contributed by atoms with E-state index in [1.165, 1.54) is 29.0 Å². The number of hydrogen-bond acceptors (Lipinski definition) is 4. The Morgan fingerprint density at radius 3 is 2.52 bits per heavy atom. The molecule has 4 nitrogen and oxygen atoms in total. The zero-order valence-electron chi connectivity index (χ0n) is 15.2. The Morgan fingerprint density at radius 2 is 1.81 bits per heavy atom. The van der Waals surface area contributed by atoms with Crippen LogP contribution in [0.5, 0.6) is 5.75 Å². The summed E-state index contributed by atoms with van der Waals surface area (Å²) in [5.74, 6) is 0.633. The summed E-state index contributed by atoms with van der Waals surface area (Å²) in [6.45, 7) is 3.97. The predicted molar refractivity (Wildman–Crippen MR) is 106 cm³/mol. The normalized spacial score (nSPS) is 15.3. The topological polar surface area (TPSA) is 32.8 Å². The summed E-state index contributed by atoms with van der Waals surface area (Å²) < 4.78 is 19.4. The third-order valence-corrected chi connectivity index (χ3v) is 6.00. The van der Waals surface area contributed by atoms with Gasteiger partial charge in [-0.3, -0.25) is 9.69 Å². The van der Waals surface area contributed by atoms with E-state index in [9.17, 15) is 9.18 Å². The molecule has 1 aliphatic heterocycles. The fourth-order valence-corrected chi connectivity index (χ4v) is 4.42. The third-order valence-electron chi connectivity index (χ3n) is 4.92. The van der Waals surface area contributed by atoms with Crippen molar-refractivity contribution in [1.82, 2.24) is 9.80 Å². The molecule has 0 aliphatic carbocycles. The van der Waals surface area contributed by atoms with Crippen LogP contribution in [-0.2, 0) is 6.54 Å². The van der Waals surface area contributed by atoms with E-state index in [2.05, 4.69) is 17.0 Å². The van der Waals surface area contributed by atoms with Gasteiger partial charge in [-0.15, -0.1) is 11.3 Å². The van der Waals surface area contributed by atoms with Crippen LogP contribution in [0.1, 0.15) is 15.2 Å². The molecule has 0 N–H and O–H groups in total. The maximum atomic E-state index is 13.4. The van der Waals surface area contributed by atoms with Gasteiger partial charge >= 0.3 is 0 Å². The number of hydrogen-bond donors (Lipinski definition) is 0. The minimum absolute atomic E-state index is 0.0423. The molecular formula is C21H21FN2O2S. The van der Waals surface area contributed by atoms with Gasteiger partial charge in [0.1, 0.15) is 11.6 Å². The molecule has 0 saturated carbocycles. The van der Waals surface area contributed by atoms with Gasteiger partial charge in [0.2, 0.25) is 0 Å². The molecule has 1 aliphatic rings. The van der Waals surface area contributed by atoms with Crippen molar-refractivity contribution in [3.63, 3.8) is 0 Å². The molecule has 140 valence electrons. The van der Waals surface area contributed by atoms with Crippen LogP contribution in [0, 0.1) is 5.82 Å². The Labute approximate surface area is 161 Å². The molecule has 0 radical (unpaired) electrons. The quantitative estimate of drug-likeness (QED) is 0.681.